The van der Waals surface area contributed by atoms with E-state index in [1.54, 1.807) is 0 Å². The molecule has 0 saturated carbocycles. The second kappa shape index (κ2) is 16.2. The molecule has 0 amide bonds. The monoisotopic (exact) mass is 974 g/mol. The van der Waals surface area contributed by atoms with Gasteiger partial charge in [-0.25, -0.2) is 0 Å². The summed E-state index contributed by atoms with van der Waals surface area (Å²) in [5.41, 5.74) is 24.7. The molecule has 1 aromatic heterocycles. The minimum absolute atomic E-state index is 0.000875. The molecule has 0 radical (unpaired) electrons. The maximum atomic E-state index is 2.62. The van der Waals surface area contributed by atoms with E-state index in [1.165, 1.54) is 105 Å². The van der Waals surface area contributed by atoms with Crippen LogP contribution >= 0.6 is 0 Å². The summed E-state index contributed by atoms with van der Waals surface area (Å²) in [5.74, 6) is 0. The molecule has 0 bridgehead atoms. The van der Waals surface area contributed by atoms with Crippen molar-refractivity contribution in [1.82, 2.24) is 4.57 Å². The van der Waals surface area contributed by atoms with Crippen LogP contribution in [0.1, 0.15) is 128 Å². The molecule has 3 aliphatic heterocycles. The Kier molecular flexibility index (Phi) is 10.2. The highest BCUT2D eigenvalue weighted by atomic mass is 15.2. The molecule has 3 aliphatic rings. The fraction of sp³-hybridized carbons (Fsp3) is 0.239. The molecule has 10 aromatic rings. The van der Waals surface area contributed by atoms with E-state index in [9.17, 15) is 0 Å². The number of hydrogen-bond acceptors (Lipinski definition) is 2. The largest absolute Gasteiger partial charge is 0.311 e. The molecule has 9 aromatic carbocycles. The maximum Gasteiger partial charge on any atom is 0.253 e. The van der Waals surface area contributed by atoms with E-state index in [2.05, 4.69) is 292 Å². The predicted octanol–water partition coefficient (Wildman–Crippen LogP) is 16.8. The summed E-state index contributed by atoms with van der Waals surface area (Å²) in [6.07, 6.45) is 0. The highest BCUT2D eigenvalue weighted by molar-refractivity contribution is 7.01. The smallest absolute Gasteiger partial charge is 0.253 e. The topological polar surface area (TPSA) is 11.4 Å². The normalized spacial score (nSPS) is 14.7. The molecule has 0 aliphatic carbocycles. The standard InChI is InChI=1S/C71H68BN3/c1-67(2,3)45-29-35-51(36-30-45)73-60-27-19-25-56-64(60)72-65-57(71(56,47-21-15-13-16-22-47)48-23-17-14-18-24-48)26-20-28-61(65)74(52-37-31-46(32-38-52)68(4,5)6)63-44-53(43-62(73)66(63)72)75-58-39-33-49(69(7,8)9)41-54(58)55-42-50(70(10,11)12)34-40-59(55)75/h13-44H,1-12H3. The SMILES string of the molecule is CC(C)(C)c1ccc(N2c3cc(-n4c5ccc(C(C)(C)C)cc5c5cc(C(C)(C)C)ccc54)cc4c3B3c5c2cccc5C(c2ccccc2)(c2ccccc2)c2cccc(c23)N4c2ccc(C(C)(C)C)cc2)cc1. The van der Waals surface area contributed by atoms with Gasteiger partial charge in [0.15, 0.2) is 0 Å². The van der Waals surface area contributed by atoms with Gasteiger partial charge in [-0.05, 0) is 155 Å². The van der Waals surface area contributed by atoms with E-state index in [0.717, 1.165) is 17.1 Å². The summed E-state index contributed by atoms with van der Waals surface area (Å²) in [4.78, 5) is 5.24. The lowest BCUT2D eigenvalue weighted by molar-refractivity contribution is 0.590. The Bertz CT molecular complexity index is 3660. The van der Waals surface area contributed by atoms with Crippen LogP contribution < -0.4 is 26.2 Å². The number of aromatic nitrogens is 1. The van der Waals surface area contributed by atoms with Gasteiger partial charge in [-0.1, -0.05) is 204 Å². The van der Waals surface area contributed by atoms with Crippen molar-refractivity contribution in [3.05, 3.63) is 239 Å². The number of anilines is 6. The van der Waals surface area contributed by atoms with Crippen molar-refractivity contribution in [3.8, 4) is 5.69 Å². The molecule has 4 heterocycles. The van der Waals surface area contributed by atoms with Gasteiger partial charge in [0.2, 0.25) is 0 Å². The third-order valence-electron chi connectivity index (χ3n) is 17.1. The van der Waals surface area contributed by atoms with E-state index in [0.29, 0.717) is 0 Å². The van der Waals surface area contributed by atoms with Crippen LogP contribution in [0.4, 0.5) is 34.1 Å². The number of benzene rings is 9. The Morgan fingerprint density at radius 3 is 1.07 bits per heavy atom. The van der Waals surface area contributed by atoms with Crippen LogP contribution in [0.25, 0.3) is 27.5 Å². The van der Waals surface area contributed by atoms with Crippen molar-refractivity contribution in [2.45, 2.75) is 110 Å². The highest BCUT2D eigenvalue weighted by Gasteiger charge is 2.55. The van der Waals surface area contributed by atoms with E-state index in [1.807, 2.05) is 0 Å². The molecule has 370 valence electrons. The second-order valence-corrected chi connectivity index (χ2v) is 25.9. The van der Waals surface area contributed by atoms with Crippen LogP contribution in [0.3, 0.4) is 0 Å². The molecule has 0 N–H and O–H groups in total. The molecule has 0 spiro atoms. The zero-order valence-electron chi connectivity index (χ0n) is 45.9. The van der Waals surface area contributed by atoms with E-state index < -0.39 is 5.41 Å². The number of nitrogens with zero attached hydrogens (tertiary/aromatic N) is 3. The third-order valence-corrected chi connectivity index (χ3v) is 17.1. The third kappa shape index (κ3) is 7.01. The van der Waals surface area contributed by atoms with Crippen molar-refractivity contribution in [3.63, 3.8) is 0 Å². The maximum absolute atomic E-state index is 2.62. The minimum Gasteiger partial charge on any atom is -0.311 e. The van der Waals surface area contributed by atoms with Gasteiger partial charge in [0, 0.05) is 44.9 Å². The molecule has 0 unspecified atom stereocenters. The first-order valence-electron chi connectivity index (χ1n) is 27.2. The van der Waals surface area contributed by atoms with Crippen LogP contribution in [0, 0.1) is 0 Å². The first kappa shape index (κ1) is 47.2. The second-order valence-electron chi connectivity index (χ2n) is 25.9. The molecule has 13 rings (SSSR count). The lowest BCUT2D eigenvalue weighted by Crippen LogP contribution is -2.68. The minimum atomic E-state index is -0.616. The Balaban J connectivity index is 1.20. The van der Waals surface area contributed by atoms with Gasteiger partial charge in [-0.3, -0.25) is 0 Å². The first-order valence-corrected chi connectivity index (χ1v) is 27.2. The molecule has 4 heteroatoms. The summed E-state index contributed by atoms with van der Waals surface area (Å²) >= 11 is 0. The van der Waals surface area contributed by atoms with Crippen molar-refractivity contribution >= 4 is 79.0 Å². The van der Waals surface area contributed by atoms with Gasteiger partial charge in [0.1, 0.15) is 0 Å². The number of hydrogen-bond donors (Lipinski definition) is 0. The summed E-state index contributed by atoms with van der Waals surface area (Å²) in [5, 5.41) is 2.57. The fourth-order valence-electron chi connectivity index (χ4n) is 13.2. The van der Waals surface area contributed by atoms with Crippen LogP contribution in [0.2, 0.25) is 0 Å². The summed E-state index contributed by atoms with van der Waals surface area (Å²) < 4.78 is 2.57. The lowest BCUT2D eigenvalue weighted by Gasteiger charge is -2.52. The Labute approximate surface area is 445 Å². The fourth-order valence-corrected chi connectivity index (χ4v) is 13.2. The van der Waals surface area contributed by atoms with E-state index >= 15 is 0 Å². The van der Waals surface area contributed by atoms with Crippen LogP contribution in [-0.2, 0) is 27.1 Å². The van der Waals surface area contributed by atoms with Gasteiger partial charge in [-0.15, -0.1) is 0 Å². The van der Waals surface area contributed by atoms with Crippen molar-refractivity contribution in [1.29, 1.82) is 0 Å². The highest BCUT2D eigenvalue weighted by Crippen LogP contribution is 2.54. The number of rotatable bonds is 5. The van der Waals surface area contributed by atoms with E-state index in [-0.39, 0.29) is 28.4 Å². The Hall–Kier alpha value is -7.56. The van der Waals surface area contributed by atoms with Crippen LogP contribution in [0.15, 0.2) is 194 Å². The molecular formula is C71H68BN3. The van der Waals surface area contributed by atoms with E-state index in [4.69, 9.17) is 0 Å². The first-order chi connectivity index (χ1) is 35.7. The molecule has 0 atom stereocenters. The summed E-state index contributed by atoms with van der Waals surface area (Å²) in [7, 11) is 0. The lowest BCUT2D eigenvalue weighted by atomic mass is 9.28. The van der Waals surface area contributed by atoms with Crippen LogP contribution in [-0.4, -0.2) is 11.3 Å². The van der Waals surface area contributed by atoms with Gasteiger partial charge in [0.05, 0.1) is 22.1 Å². The predicted molar refractivity (Wildman–Crippen MR) is 321 cm³/mol. The van der Waals surface area contributed by atoms with Crippen molar-refractivity contribution in [2.24, 2.45) is 0 Å². The summed E-state index contributed by atoms with van der Waals surface area (Å²) in [6.45, 7) is 27.8. The van der Waals surface area contributed by atoms with Gasteiger partial charge in [-0.2, -0.15) is 0 Å². The molecule has 0 saturated heterocycles. The number of fused-ring (bicyclic) bond motifs is 3. The van der Waals surface area contributed by atoms with Gasteiger partial charge >= 0.3 is 0 Å². The Morgan fingerprint density at radius 1 is 0.320 bits per heavy atom. The van der Waals surface area contributed by atoms with Crippen molar-refractivity contribution < 1.29 is 0 Å². The van der Waals surface area contributed by atoms with Crippen molar-refractivity contribution in [2.75, 3.05) is 9.80 Å². The Morgan fingerprint density at radius 2 is 0.693 bits per heavy atom. The van der Waals surface area contributed by atoms with Crippen LogP contribution in [0.5, 0.6) is 0 Å². The summed E-state index contributed by atoms with van der Waals surface area (Å²) in [6, 6.07) is 75.4. The van der Waals surface area contributed by atoms with Gasteiger partial charge < -0.3 is 14.4 Å². The average Bonchev–Trinajstić information content (AvgIpc) is 3.80. The molecule has 0 fully saturated rings. The zero-order valence-corrected chi connectivity index (χ0v) is 45.9. The molecule has 3 nitrogen and oxygen atoms in total. The molecule has 75 heavy (non-hydrogen) atoms. The zero-order chi connectivity index (χ0) is 52.1. The quantitative estimate of drug-likeness (QED) is 0.159. The van der Waals surface area contributed by atoms with Gasteiger partial charge in [0.25, 0.3) is 6.71 Å². The average molecular weight is 974 g/mol. The molecular weight excluding hydrogens is 906 g/mol.